The average molecular weight is 365 g/mol. The van der Waals surface area contributed by atoms with Gasteiger partial charge in [-0.05, 0) is 41.7 Å². The first-order chi connectivity index (χ1) is 11.2. The summed E-state index contributed by atoms with van der Waals surface area (Å²) >= 11 is 1.17. The van der Waals surface area contributed by atoms with Crippen molar-refractivity contribution in [3.63, 3.8) is 0 Å². The largest absolute Gasteiger partial charge is 0.365 e. The normalized spacial score (nSPS) is 13.0. The molecule has 0 bridgehead atoms. The number of carbonyl (C=O) groups is 2. The highest BCUT2D eigenvalue weighted by molar-refractivity contribution is 7.90. The molecular weight excluding hydrogens is 350 g/mol. The monoisotopic (exact) mass is 365 g/mol. The Kier molecular flexibility index (Phi) is 3.84. The van der Waals surface area contributed by atoms with Crippen LogP contribution in [-0.2, 0) is 22.7 Å². The molecule has 0 aliphatic heterocycles. The Morgan fingerprint density at radius 1 is 1.21 bits per heavy atom. The van der Waals surface area contributed by atoms with E-state index in [4.69, 9.17) is 11.5 Å². The van der Waals surface area contributed by atoms with Crippen molar-refractivity contribution in [2.45, 2.75) is 17.7 Å². The van der Waals surface area contributed by atoms with E-state index >= 15 is 0 Å². The summed E-state index contributed by atoms with van der Waals surface area (Å²) in [5.41, 5.74) is 13.3. The fourth-order valence-electron chi connectivity index (χ4n) is 2.86. The van der Waals surface area contributed by atoms with Crippen LogP contribution in [0.15, 0.2) is 23.1 Å². The van der Waals surface area contributed by atoms with Gasteiger partial charge in [-0.3, -0.25) is 10.1 Å². The highest BCUT2D eigenvalue weighted by Crippen LogP contribution is 2.45. The van der Waals surface area contributed by atoms with Crippen LogP contribution >= 0.6 is 11.3 Å². The summed E-state index contributed by atoms with van der Waals surface area (Å²) in [6.45, 7) is 0. The van der Waals surface area contributed by atoms with Gasteiger partial charge in [0.15, 0.2) is 9.84 Å². The molecule has 1 aromatic carbocycles. The lowest BCUT2D eigenvalue weighted by Crippen LogP contribution is -2.22. The van der Waals surface area contributed by atoms with E-state index in [1.54, 1.807) is 18.2 Å². The molecule has 0 fully saturated rings. The van der Waals surface area contributed by atoms with Crippen molar-refractivity contribution in [3.8, 4) is 10.4 Å². The predicted molar refractivity (Wildman–Crippen MR) is 92.0 cm³/mol. The molecule has 1 aliphatic carbocycles. The quantitative estimate of drug-likeness (QED) is 0.760. The van der Waals surface area contributed by atoms with Gasteiger partial charge in [-0.25, -0.2) is 13.2 Å². The maximum atomic E-state index is 11.8. The van der Waals surface area contributed by atoms with Crippen LogP contribution < -0.4 is 16.8 Å². The number of hydrogen-bond donors (Lipinski definition) is 3. The van der Waals surface area contributed by atoms with Crippen LogP contribution in [0, 0.1) is 0 Å². The van der Waals surface area contributed by atoms with E-state index in [2.05, 4.69) is 5.32 Å². The molecule has 1 heterocycles. The van der Waals surface area contributed by atoms with Gasteiger partial charge in [0.2, 0.25) is 0 Å². The van der Waals surface area contributed by atoms with Crippen LogP contribution in [-0.4, -0.2) is 26.6 Å². The zero-order valence-electron chi connectivity index (χ0n) is 12.8. The molecule has 3 amide bonds. The minimum atomic E-state index is -3.35. The summed E-state index contributed by atoms with van der Waals surface area (Å²) in [4.78, 5) is 23.9. The van der Waals surface area contributed by atoms with Crippen LogP contribution in [0.3, 0.4) is 0 Å². The molecule has 126 valence electrons. The van der Waals surface area contributed by atoms with E-state index in [0.717, 1.165) is 27.8 Å². The molecule has 0 saturated heterocycles. The first kappa shape index (κ1) is 16.5. The molecule has 0 radical (unpaired) electrons. The minimum absolute atomic E-state index is 0.201. The van der Waals surface area contributed by atoms with Gasteiger partial charge in [0.25, 0.3) is 5.91 Å². The number of aryl methyl sites for hydroxylation is 1. The topological polar surface area (TPSA) is 132 Å². The number of carbonyl (C=O) groups excluding carboxylic acids is 2. The van der Waals surface area contributed by atoms with Gasteiger partial charge >= 0.3 is 6.03 Å². The molecule has 0 atom stereocenters. The molecule has 5 N–H and O–H groups in total. The Morgan fingerprint density at radius 2 is 1.92 bits per heavy atom. The van der Waals surface area contributed by atoms with Crippen molar-refractivity contribution in [1.29, 1.82) is 0 Å². The van der Waals surface area contributed by atoms with E-state index < -0.39 is 21.8 Å². The second-order valence-corrected chi connectivity index (χ2v) is 8.59. The summed E-state index contributed by atoms with van der Waals surface area (Å²) in [5.74, 6) is -0.654. The third kappa shape index (κ3) is 2.76. The number of nitrogens with two attached hydrogens (primary N) is 2. The second-order valence-electron chi connectivity index (χ2n) is 5.56. The zero-order valence-corrected chi connectivity index (χ0v) is 14.4. The van der Waals surface area contributed by atoms with Crippen LogP contribution in [0.4, 0.5) is 9.80 Å². The number of primary amides is 2. The number of nitrogens with one attached hydrogen (secondary N) is 1. The van der Waals surface area contributed by atoms with Crippen LogP contribution in [0.25, 0.3) is 10.4 Å². The Bertz CT molecular complexity index is 977. The molecule has 1 aliphatic rings. The fraction of sp³-hybridized carbons (Fsp3) is 0.200. The molecular formula is C15H15N3O4S2. The van der Waals surface area contributed by atoms with Gasteiger partial charge in [0, 0.05) is 11.1 Å². The number of hydrogen-bond acceptors (Lipinski definition) is 5. The number of amides is 3. The van der Waals surface area contributed by atoms with Crippen LogP contribution in [0.1, 0.15) is 21.5 Å². The molecule has 9 heteroatoms. The second kappa shape index (κ2) is 5.60. The third-order valence-corrected chi connectivity index (χ3v) is 6.18. The molecule has 7 nitrogen and oxygen atoms in total. The van der Waals surface area contributed by atoms with Crippen LogP contribution in [0.2, 0.25) is 0 Å². The van der Waals surface area contributed by atoms with Gasteiger partial charge in [-0.2, -0.15) is 0 Å². The van der Waals surface area contributed by atoms with E-state index in [0.29, 0.717) is 12.8 Å². The number of thiophene rings is 1. The molecule has 0 saturated carbocycles. The summed E-state index contributed by atoms with van der Waals surface area (Å²) in [5, 5.41) is 2.72. The van der Waals surface area contributed by atoms with Gasteiger partial charge in [-0.15, -0.1) is 11.3 Å². The Balaban J connectivity index is 2.25. The summed E-state index contributed by atoms with van der Waals surface area (Å²) in [7, 11) is -3.35. The van der Waals surface area contributed by atoms with E-state index in [1.165, 1.54) is 11.3 Å². The van der Waals surface area contributed by atoms with Crippen molar-refractivity contribution >= 4 is 38.1 Å². The standard InChI is InChI=1S/C15H15N3O4S2/c1-24(21,22)8-4-2-7-3-5-9-11(13(16)19)14(18-15(17)20)23-12(9)10(7)6-8/h2,4,6H,3,5H2,1H3,(H2,16,19)(H3,17,18,20). The first-order valence-electron chi connectivity index (χ1n) is 7.03. The number of benzene rings is 1. The van der Waals surface area contributed by atoms with Crippen molar-refractivity contribution in [2.24, 2.45) is 11.5 Å². The lowest BCUT2D eigenvalue weighted by molar-refractivity contribution is 0.100. The Morgan fingerprint density at radius 3 is 2.50 bits per heavy atom. The summed E-state index contributed by atoms with van der Waals surface area (Å²) in [6.07, 6.45) is 2.37. The highest BCUT2D eigenvalue weighted by Gasteiger charge is 2.28. The first-order valence-corrected chi connectivity index (χ1v) is 9.74. The molecule has 24 heavy (non-hydrogen) atoms. The smallest absolute Gasteiger partial charge is 0.317 e. The number of rotatable bonds is 3. The molecule has 2 aromatic rings. The lowest BCUT2D eigenvalue weighted by atomic mass is 9.89. The Hall–Kier alpha value is -2.39. The Labute approximate surface area is 142 Å². The molecule has 0 unspecified atom stereocenters. The van der Waals surface area contributed by atoms with E-state index in [9.17, 15) is 18.0 Å². The predicted octanol–water partition coefficient (Wildman–Crippen LogP) is 1.51. The highest BCUT2D eigenvalue weighted by atomic mass is 32.2. The van der Waals surface area contributed by atoms with E-state index in [1.807, 2.05) is 0 Å². The number of anilines is 1. The minimum Gasteiger partial charge on any atom is -0.365 e. The van der Waals surface area contributed by atoms with Crippen molar-refractivity contribution < 1.29 is 18.0 Å². The molecule has 1 aromatic heterocycles. The summed E-state index contributed by atoms with van der Waals surface area (Å²) < 4.78 is 23.6. The maximum Gasteiger partial charge on any atom is 0.317 e. The van der Waals surface area contributed by atoms with Gasteiger partial charge in [0.05, 0.1) is 10.5 Å². The van der Waals surface area contributed by atoms with Gasteiger partial charge < -0.3 is 11.5 Å². The number of urea groups is 1. The zero-order chi connectivity index (χ0) is 17.6. The molecule has 0 spiro atoms. The van der Waals surface area contributed by atoms with E-state index in [-0.39, 0.29) is 15.5 Å². The fourth-order valence-corrected chi connectivity index (χ4v) is 4.81. The van der Waals surface area contributed by atoms with Gasteiger partial charge in [-0.1, -0.05) is 6.07 Å². The molecule has 3 rings (SSSR count). The maximum absolute atomic E-state index is 11.8. The SMILES string of the molecule is CS(=O)(=O)c1ccc2c(c1)-c1sc(NC(N)=O)c(C(N)=O)c1CC2. The number of sulfone groups is 1. The lowest BCUT2D eigenvalue weighted by Gasteiger charge is -2.17. The summed E-state index contributed by atoms with van der Waals surface area (Å²) in [6, 6.07) is 4.16. The third-order valence-electron chi connectivity index (χ3n) is 3.89. The van der Waals surface area contributed by atoms with Gasteiger partial charge in [0.1, 0.15) is 5.00 Å². The van der Waals surface area contributed by atoms with Crippen molar-refractivity contribution in [3.05, 3.63) is 34.9 Å². The number of fused-ring (bicyclic) bond motifs is 3. The van der Waals surface area contributed by atoms with Crippen molar-refractivity contribution in [2.75, 3.05) is 11.6 Å². The van der Waals surface area contributed by atoms with Crippen molar-refractivity contribution in [1.82, 2.24) is 0 Å². The average Bonchev–Trinajstić information content (AvgIpc) is 2.83. The van der Waals surface area contributed by atoms with Crippen LogP contribution in [0.5, 0.6) is 0 Å².